The second kappa shape index (κ2) is 5.56. The molecule has 1 aliphatic rings. The Balaban J connectivity index is 2.80. The van der Waals surface area contributed by atoms with Gasteiger partial charge in [0.05, 0.1) is 13.7 Å². The molecule has 0 aliphatic carbocycles. The molecule has 0 amide bonds. The molecular weight excluding hydrogens is 273 g/mol. The molecule has 0 aromatic rings. The van der Waals surface area contributed by atoms with Crippen LogP contribution in [-0.4, -0.2) is 47.5 Å². The largest absolute Gasteiger partial charge is 0.499 e. The van der Waals surface area contributed by atoms with Crippen LogP contribution in [0.25, 0.3) is 0 Å². The Morgan fingerprint density at radius 3 is 2.63 bits per heavy atom. The van der Waals surface area contributed by atoms with Crippen LogP contribution < -0.4 is 11.1 Å². The number of aliphatic carboxylic acids is 1. The summed E-state index contributed by atoms with van der Waals surface area (Å²) in [5.41, 5.74) is 3.95. The Morgan fingerprint density at radius 2 is 2.16 bits per heavy atom. The molecule has 106 valence electrons. The van der Waals surface area contributed by atoms with Crippen molar-refractivity contribution in [1.29, 1.82) is 0 Å². The van der Waals surface area contributed by atoms with Crippen LogP contribution in [0.2, 0.25) is 0 Å². The molecule has 3 N–H and O–H groups in total. The minimum atomic E-state index is -4.72. The van der Waals surface area contributed by atoms with E-state index in [2.05, 4.69) is 15.4 Å². The van der Waals surface area contributed by atoms with Crippen LogP contribution in [0.1, 0.15) is 0 Å². The zero-order valence-electron chi connectivity index (χ0n) is 9.48. The monoisotopic (exact) mass is 282 g/mol. The summed E-state index contributed by atoms with van der Waals surface area (Å²) in [6.45, 7) is -0.541. The second-order valence-electron chi connectivity index (χ2n) is 3.23. The summed E-state index contributed by atoms with van der Waals surface area (Å²) in [6, 6.07) is 0. The summed E-state index contributed by atoms with van der Waals surface area (Å²) in [4.78, 5) is 21.2. The number of hydrogen-bond acceptors (Lipinski definition) is 7. The lowest BCUT2D eigenvalue weighted by Gasteiger charge is -2.20. The first kappa shape index (κ1) is 14.8. The maximum atomic E-state index is 12.5. The zero-order valence-corrected chi connectivity index (χ0v) is 9.48. The highest BCUT2D eigenvalue weighted by molar-refractivity contribution is 6.37. The Hall–Kier alpha value is -2.30. The average molecular weight is 282 g/mol. The average Bonchev–Trinajstić information content (AvgIpc) is 2.75. The van der Waals surface area contributed by atoms with Crippen LogP contribution in [0.4, 0.5) is 13.2 Å². The highest BCUT2D eigenvalue weighted by Crippen LogP contribution is 2.20. The van der Waals surface area contributed by atoms with Gasteiger partial charge in [0.1, 0.15) is 5.76 Å². The number of ketones is 1. The molecule has 0 atom stereocenters. The number of carbonyl (C=O) groups excluding carboxylic acids is 1. The number of nitrogens with zero attached hydrogens (tertiary/aromatic N) is 2. The van der Waals surface area contributed by atoms with Gasteiger partial charge in [0, 0.05) is 6.08 Å². The van der Waals surface area contributed by atoms with E-state index in [9.17, 15) is 22.8 Å². The molecule has 0 unspecified atom stereocenters. The lowest BCUT2D eigenvalue weighted by Crippen LogP contribution is -2.47. The number of rotatable bonds is 5. The van der Waals surface area contributed by atoms with Crippen LogP contribution in [0.15, 0.2) is 16.9 Å². The number of hydrogen-bond donors (Lipinski definition) is 3. The van der Waals surface area contributed by atoms with Gasteiger partial charge in [0.15, 0.2) is 0 Å². The number of hydrazine groups is 2. The third kappa shape index (κ3) is 3.84. The fourth-order valence-corrected chi connectivity index (χ4v) is 1.12. The number of carboxylic acids is 1. The van der Waals surface area contributed by atoms with E-state index in [1.807, 2.05) is 5.53 Å². The summed E-state index contributed by atoms with van der Waals surface area (Å²) < 4.78 is 42.1. The zero-order chi connectivity index (χ0) is 14.6. The van der Waals surface area contributed by atoms with Crippen molar-refractivity contribution in [2.24, 2.45) is 5.10 Å². The molecular formula is C8H9F3N4O4. The Kier molecular flexibility index (Phi) is 4.32. The normalized spacial score (nSPS) is 15.9. The Labute approximate surface area is 104 Å². The lowest BCUT2D eigenvalue weighted by molar-refractivity contribution is -0.146. The second-order valence-corrected chi connectivity index (χ2v) is 3.23. The van der Waals surface area contributed by atoms with Gasteiger partial charge in [-0.3, -0.25) is 9.80 Å². The van der Waals surface area contributed by atoms with Crippen molar-refractivity contribution >= 4 is 17.6 Å². The highest BCUT2D eigenvalue weighted by atomic mass is 19.4. The van der Waals surface area contributed by atoms with Gasteiger partial charge in [0.25, 0.3) is 5.78 Å². The SMILES string of the molecule is CO/C(=C/C(=O)C(=O)O)CN1NNN=C1C(F)(F)F. The lowest BCUT2D eigenvalue weighted by atomic mass is 10.3. The molecule has 0 spiro atoms. The summed E-state index contributed by atoms with van der Waals surface area (Å²) in [5, 5.41) is 11.9. The molecule has 1 aliphatic heterocycles. The maximum Gasteiger partial charge on any atom is 0.452 e. The molecule has 1 rings (SSSR count). The van der Waals surface area contributed by atoms with Gasteiger partial charge < -0.3 is 9.84 Å². The van der Waals surface area contributed by atoms with Crippen molar-refractivity contribution < 1.29 is 32.6 Å². The fourth-order valence-electron chi connectivity index (χ4n) is 1.12. The van der Waals surface area contributed by atoms with Crippen LogP contribution in [0.5, 0.6) is 0 Å². The smallest absolute Gasteiger partial charge is 0.452 e. The standard InChI is InChI=1S/C8H9F3N4O4/c1-19-4(2-5(16)6(17)18)3-15-7(8(9,10)11)12-13-14-15/h2,13-14H,3H2,1H3,(H,17,18)/b4-2+. The Bertz CT molecular complexity index is 446. The number of ether oxygens (including phenoxy) is 1. The van der Waals surface area contributed by atoms with Crippen LogP contribution >= 0.6 is 0 Å². The number of halogens is 3. The molecule has 0 aromatic carbocycles. The van der Waals surface area contributed by atoms with Gasteiger partial charge in [-0.25, -0.2) is 10.3 Å². The minimum absolute atomic E-state index is 0.277. The van der Waals surface area contributed by atoms with Crippen LogP contribution in [0.3, 0.4) is 0 Å². The molecule has 1 heterocycles. The first-order chi connectivity index (χ1) is 8.75. The third-order valence-corrected chi connectivity index (χ3v) is 1.93. The van der Waals surface area contributed by atoms with E-state index in [-0.39, 0.29) is 5.76 Å². The number of carboxylic acid groups (broad SMARTS) is 1. The van der Waals surface area contributed by atoms with E-state index >= 15 is 0 Å². The fraction of sp³-hybridized carbons (Fsp3) is 0.375. The number of hydrazone groups is 1. The van der Waals surface area contributed by atoms with Gasteiger partial charge in [-0.05, 0) is 0 Å². The van der Waals surface area contributed by atoms with Crippen LogP contribution in [-0.2, 0) is 14.3 Å². The van der Waals surface area contributed by atoms with E-state index in [4.69, 9.17) is 5.11 Å². The molecule has 0 radical (unpaired) electrons. The van der Waals surface area contributed by atoms with Gasteiger partial charge >= 0.3 is 12.1 Å². The Morgan fingerprint density at radius 1 is 1.53 bits per heavy atom. The number of methoxy groups -OCH3 is 1. The molecule has 0 fully saturated rings. The van der Waals surface area contributed by atoms with Crippen molar-refractivity contribution in [3.8, 4) is 0 Å². The highest BCUT2D eigenvalue weighted by Gasteiger charge is 2.43. The summed E-state index contributed by atoms with van der Waals surface area (Å²) in [5.74, 6) is -4.61. The first-order valence-corrected chi connectivity index (χ1v) is 4.70. The predicted molar refractivity (Wildman–Crippen MR) is 54.2 cm³/mol. The van der Waals surface area contributed by atoms with E-state index in [1.165, 1.54) is 0 Å². The van der Waals surface area contributed by atoms with Gasteiger partial charge in [-0.1, -0.05) is 0 Å². The number of carbonyl (C=O) groups is 2. The van der Waals surface area contributed by atoms with Gasteiger partial charge in [-0.15, -0.1) is 10.6 Å². The van der Waals surface area contributed by atoms with Crippen LogP contribution in [0, 0.1) is 0 Å². The van der Waals surface area contributed by atoms with Crippen molar-refractivity contribution in [2.45, 2.75) is 6.18 Å². The molecule has 0 saturated carbocycles. The quantitative estimate of drug-likeness (QED) is 0.350. The molecule has 19 heavy (non-hydrogen) atoms. The molecule has 0 saturated heterocycles. The number of amidine groups is 1. The van der Waals surface area contributed by atoms with E-state index in [0.29, 0.717) is 11.1 Å². The van der Waals surface area contributed by atoms with Crippen molar-refractivity contribution in [3.05, 3.63) is 11.8 Å². The number of alkyl halides is 3. The minimum Gasteiger partial charge on any atom is -0.499 e. The maximum absolute atomic E-state index is 12.5. The van der Waals surface area contributed by atoms with E-state index in [1.54, 1.807) is 0 Å². The van der Waals surface area contributed by atoms with Gasteiger partial charge in [-0.2, -0.15) is 13.2 Å². The summed E-state index contributed by atoms with van der Waals surface area (Å²) in [7, 11) is 1.09. The first-order valence-electron chi connectivity index (χ1n) is 4.70. The van der Waals surface area contributed by atoms with Crippen molar-refractivity contribution in [3.63, 3.8) is 0 Å². The van der Waals surface area contributed by atoms with Crippen molar-refractivity contribution in [2.75, 3.05) is 13.7 Å². The van der Waals surface area contributed by atoms with Crippen molar-refractivity contribution in [1.82, 2.24) is 16.1 Å². The molecule has 11 heteroatoms. The molecule has 8 nitrogen and oxygen atoms in total. The molecule has 0 bridgehead atoms. The topological polar surface area (TPSA) is 103 Å². The molecule has 0 aromatic heterocycles. The van der Waals surface area contributed by atoms with E-state index in [0.717, 1.165) is 7.11 Å². The summed E-state index contributed by atoms with van der Waals surface area (Å²) >= 11 is 0. The summed E-state index contributed by atoms with van der Waals surface area (Å²) in [6.07, 6.45) is -4.14. The number of nitrogens with one attached hydrogen (secondary N) is 2. The van der Waals surface area contributed by atoms with E-state index < -0.39 is 30.3 Å². The predicted octanol–water partition coefficient (Wildman–Crippen LogP) is -0.629. The van der Waals surface area contributed by atoms with Gasteiger partial charge in [0.2, 0.25) is 5.84 Å². The third-order valence-electron chi connectivity index (χ3n) is 1.93.